The van der Waals surface area contributed by atoms with Gasteiger partial charge in [0, 0.05) is 32.8 Å². The summed E-state index contributed by atoms with van der Waals surface area (Å²) in [6, 6.07) is 0.794. The Morgan fingerprint density at radius 2 is 2.05 bits per heavy atom. The van der Waals surface area contributed by atoms with E-state index in [4.69, 9.17) is 9.47 Å². The van der Waals surface area contributed by atoms with Crippen LogP contribution in [0.2, 0.25) is 0 Å². The number of ether oxygens (including phenoxy) is 2. The molecule has 116 valence electrons. The third-order valence-corrected chi connectivity index (χ3v) is 5.10. The van der Waals surface area contributed by atoms with Crippen LogP contribution in [-0.4, -0.2) is 62.0 Å². The van der Waals surface area contributed by atoms with Crippen molar-refractivity contribution in [1.82, 2.24) is 10.2 Å². The first-order valence-corrected chi connectivity index (χ1v) is 8.33. The molecule has 3 fully saturated rings. The number of methoxy groups -OCH3 is 1. The van der Waals surface area contributed by atoms with E-state index in [0.717, 1.165) is 25.7 Å². The van der Waals surface area contributed by atoms with Gasteiger partial charge in [0.25, 0.3) is 0 Å². The largest absolute Gasteiger partial charge is 0.377 e. The number of likely N-dealkylation sites (tertiary alicyclic amines) is 1. The molecule has 4 heteroatoms. The van der Waals surface area contributed by atoms with Crippen molar-refractivity contribution in [3.63, 3.8) is 0 Å². The molecular formula is C16H30N2O2. The average molecular weight is 282 g/mol. The average Bonchev–Trinajstić information content (AvgIpc) is 3.17. The fraction of sp³-hybridized carbons (Fsp3) is 1.00. The minimum atomic E-state index is 0.0454. The van der Waals surface area contributed by atoms with E-state index in [2.05, 4.69) is 17.1 Å². The second-order valence-corrected chi connectivity index (χ2v) is 7.13. The molecule has 0 aromatic heterocycles. The van der Waals surface area contributed by atoms with E-state index < -0.39 is 0 Å². The molecule has 0 aromatic rings. The Morgan fingerprint density at radius 3 is 2.80 bits per heavy atom. The van der Waals surface area contributed by atoms with Gasteiger partial charge in [0.15, 0.2) is 0 Å². The molecule has 1 aliphatic carbocycles. The lowest BCUT2D eigenvalue weighted by Crippen LogP contribution is -2.49. The summed E-state index contributed by atoms with van der Waals surface area (Å²) in [5, 5.41) is 3.59. The van der Waals surface area contributed by atoms with Crippen molar-refractivity contribution in [2.75, 3.05) is 33.3 Å². The standard InChI is InChI=1S/C16H30N2O2/c1-16(19-2)8-3-9-18(12-16)11-15-7-6-14(20-15)10-17-13-4-5-13/h13-15,17H,3-12H2,1-2H3. The molecule has 3 unspecified atom stereocenters. The van der Waals surface area contributed by atoms with E-state index in [1.165, 1.54) is 45.1 Å². The van der Waals surface area contributed by atoms with Crippen molar-refractivity contribution in [3.8, 4) is 0 Å². The second-order valence-electron chi connectivity index (χ2n) is 7.13. The van der Waals surface area contributed by atoms with E-state index in [9.17, 15) is 0 Å². The Kier molecular flexibility index (Phi) is 4.65. The summed E-state index contributed by atoms with van der Waals surface area (Å²) >= 11 is 0. The summed E-state index contributed by atoms with van der Waals surface area (Å²) in [5.74, 6) is 0. The summed E-state index contributed by atoms with van der Waals surface area (Å²) < 4.78 is 11.9. The number of nitrogens with one attached hydrogen (secondary N) is 1. The van der Waals surface area contributed by atoms with E-state index >= 15 is 0 Å². The van der Waals surface area contributed by atoms with Crippen LogP contribution in [0, 0.1) is 0 Å². The minimum Gasteiger partial charge on any atom is -0.377 e. The van der Waals surface area contributed by atoms with Crippen LogP contribution in [0.3, 0.4) is 0 Å². The summed E-state index contributed by atoms with van der Waals surface area (Å²) in [7, 11) is 1.84. The first-order chi connectivity index (χ1) is 9.67. The van der Waals surface area contributed by atoms with Crippen LogP contribution in [-0.2, 0) is 9.47 Å². The van der Waals surface area contributed by atoms with Crippen molar-refractivity contribution in [2.45, 2.75) is 69.3 Å². The highest BCUT2D eigenvalue weighted by Gasteiger charge is 2.34. The fourth-order valence-corrected chi connectivity index (χ4v) is 3.57. The van der Waals surface area contributed by atoms with Crippen molar-refractivity contribution < 1.29 is 9.47 Å². The topological polar surface area (TPSA) is 33.7 Å². The number of rotatable bonds is 6. The number of piperidine rings is 1. The van der Waals surface area contributed by atoms with Crippen LogP contribution in [0.5, 0.6) is 0 Å². The predicted octanol–water partition coefficient (Wildman–Crippen LogP) is 1.79. The maximum atomic E-state index is 6.20. The minimum absolute atomic E-state index is 0.0454. The van der Waals surface area contributed by atoms with Gasteiger partial charge in [-0.25, -0.2) is 0 Å². The van der Waals surface area contributed by atoms with Gasteiger partial charge < -0.3 is 14.8 Å². The molecule has 3 rings (SSSR count). The van der Waals surface area contributed by atoms with Gasteiger partial charge in [0.05, 0.1) is 17.8 Å². The molecule has 1 saturated carbocycles. The molecule has 1 N–H and O–H groups in total. The van der Waals surface area contributed by atoms with Crippen LogP contribution >= 0.6 is 0 Å². The quantitative estimate of drug-likeness (QED) is 0.805. The van der Waals surface area contributed by atoms with Crippen molar-refractivity contribution in [3.05, 3.63) is 0 Å². The summed E-state index contributed by atoms with van der Waals surface area (Å²) in [5.41, 5.74) is 0.0454. The molecule has 2 saturated heterocycles. The normalized spacial score (nSPS) is 39.3. The molecule has 0 spiro atoms. The van der Waals surface area contributed by atoms with E-state index in [1.807, 2.05) is 7.11 Å². The van der Waals surface area contributed by atoms with Gasteiger partial charge in [-0.3, -0.25) is 4.90 Å². The van der Waals surface area contributed by atoms with E-state index in [0.29, 0.717) is 12.2 Å². The zero-order valence-corrected chi connectivity index (χ0v) is 13.1. The first kappa shape index (κ1) is 14.8. The second kappa shape index (κ2) is 6.30. The van der Waals surface area contributed by atoms with Gasteiger partial charge in [-0.15, -0.1) is 0 Å². The summed E-state index contributed by atoms with van der Waals surface area (Å²) in [6.07, 6.45) is 8.46. The SMILES string of the molecule is COC1(C)CCCN(CC2CCC(CNC3CC3)O2)C1. The van der Waals surface area contributed by atoms with Crippen LogP contribution in [0.4, 0.5) is 0 Å². The smallest absolute Gasteiger partial charge is 0.0777 e. The summed E-state index contributed by atoms with van der Waals surface area (Å²) in [4.78, 5) is 2.54. The number of hydrogen-bond acceptors (Lipinski definition) is 4. The van der Waals surface area contributed by atoms with Gasteiger partial charge in [0.2, 0.25) is 0 Å². The number of hydrogen-bond donors (Lipinski definition) is 1. The van der Waals surface area contributed by atoms with Crippen LogP contribution in [0.15, 0.2) is 0 Å². The predicted molar refractivity (Wildman–Crippen MR) is 80.0 cm³/mol. The summed E-state index contributed by atoms with van der Waals surface area (Å²) in [6.45, 7) is 6.62. The Morgan fingerprint density at radius 1 is 1.25 bits per heavy atom. The fourth-order valence-electron chi connectivity index (χ4n) is 3.57. The molecule has 0 aromatic carbocycles. The Balaban J connectivity index is 1.39. The monoisotopic (exact) mass is 282 g/mol. The zero-order chi connectivity index (χ0) is 14.0. The molecule has 20 heavy (non-hydrogen) atoms. The van der Waals surface area contributed by atoms with Crippen molar-refractivity contribution in [1.29, 1.82) is 0 Å². The molecule has 0 radical (unpaired) electrons. The van der Waals surface area contributed by atoms with Crippen molar-refractivity contribution in [2.24, 2.45) is 0 Å². The molecule has 3 aliphatic rings. The van der Waals surface area contributed by atoms with Gasteiger partial charge in [0.1, 0.15) is 0 Å². The Bertz CT molecular complexity index is 322. The highest BCUT2D eigenvalue weighted by molar-refractivity contribution is 4.88. The Labute approximate surface area is 123 Å². The number of nitrogens with zero attached hydrogens (tertiary/aromatic N) is 1. The van der Waals surface area contributed by atoms with Gasteiger partial charge in [-0.2, -0.15) is 0 Å². The molecule has 0 amide bonds. The molecule has 2 aliphatic heterocycles. The lowest BCUT2D eigenvalue weighted by atomic mass is 9.94. The lowest BCUT2D eigenvalue weighted by molar-refractivity contribution is -0.0638. The highest BCUT2D eigenvalue weighted by atomic mass is 16.5. The maximum absolute atomic E-state index is 6.20. The molecule has 0 bridgehead atoms. The van der Waals surface area contributed by atoms with Crippen molar-refractivity contribution >= 4 is 0 Å². The Hall–Kier alpha value is -0.160. The molecule has 4 nitrogen and oxygen atoms in total. The van der Waals surface area contributed by atoms with Gasteiger partial charge in [-0.05, 0) is 52.0 Å². The van der Waals surface area contributed by atoms with Crippen LogP contribution in [0.25, 0.3) is 0 Å². The van der Waals surface area contributed by atoms with Gasteiger partial charge >= 0.3 is 0 Å². The van der Waals surface area contributed by atoms with Gasteiger partial charge in [-0.1, -0.05) is 0 Å². The molecule has 3 atom stereocenters. The third kappa shape index (κ3) is 3.94. The first-order valence-electron chi connectivity index (χ1n) is 8.33. The van der Waals surface area contributed by atoms with Crippen LogP contribution in [0.1, 0.15) is 45.4 Å². The van der Waals surface area contributed by atoms with Crippen LogP contribution < -0.4 is 5.32 Å². The third-order valence-electron chi connectivity index (χ3n) is 5.10. The highest BCUT2D eigenvalue weighted by Crippen LogP contribution is 2.27. The maximum Gasteiger partial charge on any atom is 0.0777 e. The zero-order valence-electron chi connectivity index (χ0n) is 13.1. The van der Waals surface area contributed by atoms with E-state index in [1.54, 1.807) is 0 Å². The molecular weight excluding hydrogens is 252 g/mol. The van der Waals surface area contributed by atoms with E-state index in [-0.39, 0.29) is 5.60 Å². The molecule has 2 heterocycles. The lowest BCUT2D eigenvalue weighted by Gasteiger charge is -2.40.